The van der Waals surface area contributed by atoms with Crippen LogP contribution in [0.2, 0.25) is 6.04 Å². The maximum Gasteiger partial charge on any atom is 0.248 e. The molecule has 4 nitrogen and oxygen atoms in total. The Morgan fingerprint density at radius 2 is 2.00 bits per heavy atom. The van der Waals surface area contributed by atoms with E-state index >= 15 is 0 Å². The molecule has 18 heavy (non-hydrogen) atoms. The van der Waals surface area contributed by atoms with Crippen molar-refractivity contribution in [2.24, 2.45) is 5.92 Å². The van der Waals surface area contributed by atoms with Gasteiger partial charge in [-0.25, -0.2) is 0 Å². The Morgan fingerprint density at radius 3 is 2.61 bits per heavy atom. The Morgan fingerprint density at radius 1 is 1.22 bits per heavy atom. The molecule has 1 heterocycles. The molecule has 106 valence electrons. The van der Waals surface area contributed by atoms with Crippen LogP contribution in [0.5, 0.6) is 0 Å². The highest BCUT2D eigenvalue weighted by Crippen LogP contribution is 2.41. The number of hydrogen-bond donors (Lipinski definition) is 0. The predicted octanol–water partition coefficient (Wildman–Crippen LogP) is 1.47. The average molecular weight is 274 g/mol. The molecule has 0 aromatic heterocycles. The minimum Gasteiger partial charge on any atom is -0.370 e. The van der Waals surface area contributed by atoms with Gasteiger partial charge in [-0.2, -0.15) is 0 Å². The lowest BCUT2D eigenvalue weighted by atomic mass is 9.88. The first-order chi connectivity index (χ1) is 8.73. The minimum atomic E-state index is -0.706. The van der Waals surface area contributed by atoms with E-state index in [0.29, 0.717) is 18.8 Å². The molecule has 0 amide bonds. The lowest BCUT2D eigenvalue weighted by Gasteiger charge is -2.30. The van der Waals surface area contributed by atoms with Gasteiger partial charge >= 0.3 is 0 Å². The van der Waals surface area contributed by atoms with Crippen molar-refractivity contribution in [3.05, 3.63) is 0 Å². The predicted molar refractivity (Wildman–Crippen MR) is 72.3 cm³/mol. The van der Waals surface area contributed by atoms with Gasteiger partial charge in [0.2, 0.25) is 5.60 Å². The van der Waals surface area contributed by atoms with Crippen LogP contribution in [0.1, 0.15) is 32.6 Å². The van der Waals surface area contributed by atoms with Crippen molar-refractivity contribution in [3.63, 3.8) is 0 Å². The van der Waals surface area contributed by atoms with Gasteiger partial charge in [-0.1, -0.05) is 12.5 Å². The molecular weight excluding hydrogens is 248 g/mol. The largest absolute Gasteiger partial charge is 0.370 e. The van der Waals surface area contributed by atoms with Gasteiger partial charge < -0.3 is 18.9 Å². The number of methoxy groups -OCH3 is 2. The SMILES string of the molecule is CCOC(OC)(OC)[SiH2]CCC1CCC2OC2C1. The van der Waals surface area contributed by atoms with Crippen molar-refractivity contribution in [1.82, 2.24) is 0 Å². The van der Waals surface area contributed by atoms with E-state index in [1.165, 1.54) is 31.7 Å². The van der Waals surface area contributed by atoms with Crippen molar-refractivity contribution in [2.45, 2.75) is 56.5 Å². The van der Waals surface area contributed by atoms with E-state index in [9.17, 15) is 0 Å². The fourth-order valence-electron chi connectivity index (χ4n) is 3.05. The fourth-order valence-corrected chi connectivity index (χ4v) is 5.02. The van der Waals surface area contributed by atoms with Crippen molar-refractivity contribution in [2.75, 3.05) is 20.8 Å². The highest BCUT2D eigenvalue weighted by Gasteiger charge is 2.43. The Labute approximate surface area is 112 Å². The summed E-state index contributed by atoms with van der Waals surface area (Å²) in [4.78, 5) is 0. The molecule has 0 radical (unpaired) electrons. The lowest BCUT2D eigenvalue weighted by Crippen LogP contribution is -2.43. The topological polar surface area (TPSA) is 40.2 Å². The zero-order chi connectivity index (χ0) is 13.0. The molecule has 0 N–H and O–H groups in total. The maximum atomic E-state index is 5.64. The van der Waals surface area contributed by atoms with E-state index in [1.54, 1.807) is 14.2 Å². The zero-order valence-electron chi connectivity index (χ0n) is 11.8. The first kappa shape index (κ1) is 14.5. The van der Waals surface area contributed by atoms with Crippen LogP contribution in [-0.4, -0.2) is 48.2 Å². The van der Waals surface area contributed by atoms with E-state index in [0.717, 1.165) is 5.92 Å². The third-order valence-corrected chi connectivity index (χ3v) is 6.35. The Hall–Kier alpha value is 0.0569. The molecule has 2 fully saturated rings. The zero-order valence-corrected chi connectivity index (χ0v) is 13.2. The van der Waals surface area contributed by atoms with E-state index < -0.39 is 15.1 Å². The summed E-state index contributed by atoms with van der Waals surface area (Å²) in [6.45, 7) is 2.61. The summed E-state index contributed by atoms with van der Waals surface area (Å²) >= 11 is 0. The monoisotopic (exact) mass is 274 g/mol. The smallest absolute Gasteiger partial charge is 0.248 e. The molecule has 0 bridgehead atoms. The van der Waals surface area contributed by atoms with Crippen LogP contribution in [0.25, 0.3) is 0 Å². The minimum absolute atomic E-state index is 0.548. The quantitative estimate of drug-likeness (QED) is 0.382. The first-order valence-electron chi connectivity index (χ1n) is 7.12. The molecule has 0 spiro atoms. The molecule has 1 aliphatic carbocycles. The molecule has 1 aliphatic heterocycles. The number of ether oxygens (including phenoxy) is 4. The summed E-state index contributed by atoms with van der Waals surface area (Å²) in [7, 11) is 2.80. The lowest BCUT2D eigenvalue weighted by molar-refractivity contribution is -0.304. The summed E-state index contributed by atoms with van der Waals surface area (Å²) in [6.07, 6.45) is 6.34. The summed E-state index contributed by atoms with van der Waals surface area (Å²) in [5.74, 6) is 0.842. The summed E-state index contributed by atoms with van der Waals surface area (Å²) < 4.78 is 22.1. The van der Waals surface area contributed by atoms with Crippen LogP contribution in [0.3, 0.4) is 0 Å². The van der Waals surface area contributed by atoms with Gasteiger partial charge in [0.1, 0.15) is 9.52 Å². The van der Waals surface area contributed by atoms with Gasteiger partial charge in [0.05, 0.1) is 12.2 Å². The highest BCUT2D eigenvalue weighted by atomic mass is 28.2. The molecule has 0 aromatic carbocycles. The Bertz CT molecular complexity index is 257. The number of rotatable bonds is 8. The first-order valence-corrected chi connectivity index (χ1v) is 8.83. The maximum absolute atomic E-state index is 5.64. The summed E-state index contributed by atoms with van der Waals surface area (Å²) in [6, 6.07) is 1.21. The Kier molecular flexibility index (Phi) is 5.21. The summed E-state index contributed by atoms with van der Waals surface area (Å²) in [5, 5.41) is 0. The fraction of sp³-hybridized carbons (Fsp3) is 1.00. The average Bonchev–Trinajstić information content (AvgIpc) is 3.16. The van der Waals surface area contributed by atoms with E-state index in [1.807, 2.05) is 6.92 Å². The van der Waals surface area contributed by atoms with Crippen molar-refractivity contribution in [3.8, 4) is 0 Å². The second-order valence-corrected chi connectivity index (χ2v) is 7.38. The molecule has 5 heteroatoms. The van der Waals surface area contributed by atoms with Crippen molar-refractivity contribution >= 4 is 9.52 Å². The van der Waals surface area contributed by atoms with Crippen LogP contribution in [0.4, 0.5) is 0 Å². The van der Waals surface area contributed by atoms with Gasteiger partial charge in [-0.15, -0.1) is 0 Å². The van der Waals surface area contributed by atoms with E-state index in [4.69, 9.17) is 18.9 Å². The highest BCUT2D eigenvalue weighted by molar-refractivity contribution is 6.38. The van der Waals surface area contributed by atoms with Crippen LogP contribution in [0, 0.1) is 5.92 Å². The molecule has 0 aromatic rings. The Balaban J connectivity index is 1.68. The standard InChI is InChI=1S/C13H26O4Si/c1-4-16-13(14-2,15-3)18-8-7-10-5-6-11-12(9-10)17-11/h10-12H,4-9,18H2,1-3H3. The molecule has 3 unspecified atom stereocenters. The molecule has 3 atom stereocenters. The van der Waals surface area contributed by atoms with Crippen molar-refractivity contribution < 1.29 is 18.9 Å². The van der Waals surface area contributed by atoms with Gasteiger partial charge in [-0.05, 0) is 32.1 Å². The van der Waals surface area contributed by atoms with Gasteiger partial charge in [0, 0.05) is 20.8 Å². The van der Waals surface area contributed by atoms with Crippen molar-refractivity contribution in [1.29, 1.82) is 0 Å². The normalized spacial score (nSPS) is 31.8. The second kappa shape index (κ2) is 6.48. The van der Waals surface area contributed by atoms with Gasteiger partial charge in [0.25, 0.3) is 0 Å². The molecule has 2 rings (SSSR count). The van der Waals surface area contributed by atoms with Crippen LogP contribution < -0.4 is 0 Å². The van der Waals surface area contributed by atoms with E-state index in [2.05, 4.69) is 0 Å². The van der Waals surface area contributed by atoms with Crippen LogP contribution >= 0.6 is 0 Å². The van der Waals surface area contributed by atoms with Gasteiger partial charge in [0.15, 0.2) is 0 Å². The second-order valence-electron chi connectivity index (χ2n) is 5.31. The van der Waals surface area contributed by atoms with Crippen LogP contribution in [0.15, 0.2) is 0 Å². The molecule has 1 saturated carbocycles. The summed E-state index contributed by atoms with van der Waals surface area (Å²) in [5.41, 5.74) is -0.706. The van der Waals surface area contributed by atoms with E-state index in [-0.39, 0.29) is 0 Å². The number of hydrogen-bond acceptors (Lipinski definition) is 4. The number of epoxide rings is 1. The van der Waals surface area contributed by atoms with Gasteiger partial charge in [-0.3, -0.25) is 0 Å². The third-order valence-electron chi connectivity index (χ3n) is 4.19. The third kappa shape index (κ3) is 3.54. The van der Waals surface area contributed by atoms with Crippen LogP contribution in [-0.2, 0) is 18.9 Å². The number of fused-ring (bicyclic) bond motifs is 1. The molecule has 1 saturated heterocycles. The molecular formula is C13H26O4Si. The molecule has 2 aliphatic rings.